The first-order valence-corrected chi connectivity index (χ1v) is 6.45. The average Bonchev–Trinajstić information content (AvgIpc) is 2.13. The topological polar surface area (TPSA) is 17.1 Å². The van der Waals surface area contributed by atoms with E-state index in [9.17, 15) is 4.79 Å². The number of Topliss-reactive ketones (excluding diaryl/α,β-unsaturated/α-hetero) is 1. The molecule has 0 radical (unpaired) electrons. The Morgan fingerprint density at radius 3 is 2.50 bits per heavy atom. The van der Waals surface area contributed by atoms with Gasteiger partial charge in [0.1, 0.15) is 0 Å². The zero-order valence-electron chi connectivity index (χ0n) is 9.81. The molecule has 0 fully saturated rings. The summed E-state index contributed by atoms with van der Waals surface area (Å²) < 4.78 is 0.893. The maximum atomic E-state index is 11.9. The normalized spacial score (nSPS) is 11.6. The van der Waals surface area contributed by atoms with E-state index in [1.165, 1.54) is 0 Å². The van der Waals surface area contributed by atoms with Gasteiger partial charge in [-0.1, -0.05) is 48.3 Å². The standard InChI is InChI=1S/C13H16BrClO/c1-13(2,3)7-6-12(16)10-5-4-9(14)8-11(10)15/h4-5,8H,6-7H2,1-3H3. The van der Waals surface area contributed by atoms with Gasteiger partial charge in [-0.15, -0.1) is 0 Å². The fraction of sp³-hybridized carbons (Fsp3) is 0.462. The van der Waals surface area contributed by atoms with Crippen LogP contribution < -0.4 is 0 Å². The monoisotopic (exact) mass is 302 g/mol. The summed E-state index contributed by atoms with van der Waals surface area (Å²) in [5.74, 6) is 0.118. The van der Waals surface area contributed by atoms with Gasteiger partial charge in [-0.05, 0) is 30.0 Å². The number of hydrogen-bond donors (Lipinski definition) is 0. The van der Waals surface area contributed by atoms with Crippen molar-refractivity contribution < 1.29 is 4.79 Å². The molecule has 1 rings (SSSR count). The van der Waals surface area contributed by atoms with E-state index in [2.05, 4.69) is 36.7 Å². The quantitative estimate of drug-likeness (QED) is 0.709. The lowest BCUT2D eigenvalue weighted by Gasteiger charge is -2.17. The highest BCUT2D eigenvalue weighted by atomic mass is 79.9. The third-order valence-corrected chi connectivity index (χ3v) is 3.14. The second-order valence-corrected chi connectivity index (χ2v) is 6.43. The first-order valence-electron chi connectivity index (χ1n) is 5.28. The van der Waals surface area contributed by atoms with Gasteiger partial charge in [0.15, 0.2) is 5.78 Å². The summed E-state index contributed by atoms with van der Waals surface area (Å²) in [5.41, 5.74) is 0.798. The predicted octanol–water partition coefficient (Wildman–Crippen LogP) is 5.11. The zero-order valence-corrected chi connectivity index (χ0v) is 12.2. The molecule has 88 valence electrons. The Bertz CT molecular complexity index is 393. The lowest BCUT2D eigenvalue weighted by Crippen LogP contribution is -2.09. The summed E-state index contributed by atoms with van der Waals surface area (Å²) in [7, 11) is 0. The van der Waals surface area contributed by atoms with Gasteiger partial charge in [0.25, 0.3) is 0 Å². The summed E-state index contributed by atoms with van der Waals surface area (Å²) in [6.07, 6.45) is 1.42. The Hall–Kier alpha value is -0.340. The van der Waals surface area contributed by atoms with Crippen LogP contribution in [0.15, 0.2) is 22.7 Å². The van der Waals surface area contributed by atoms with Crippen molar-refractivity contribution >= 4 is 33.3 Å². The van der Waals surface area contributed by atoms with Crippen molar-refractivity contribution in [2.24, 2.45) is 5.41 Å². The molecule has 0 aliphatic rings. The third-order valence-electron chi connectivity index (χ3n) is 2.33. The van der Waals surface area contributed by atoms with Gasteiger partial charge < -0.3 is 0 Å². The van der Waals surface area contributed by atoms with Gasteiger partial charge in [-0.2, -0.15) is 0 Å². The van der Waals surface area contributed by atoms with Gasteiger partial charge in [0.05, 0.1) is 5.02 Å². The lowest BCUT2D eigenvalue weighted by molar-refractivity contribution is 0.0966. The maximum absolute atomic E-state index is 11.9. The molecule has 1 aromatic rings. The van der Waals surface area contributed by atoms with Crippen LogP contribution in [0.2, 0.25) is 5.02 Å². The number of ketones is 1. The van der Waals surface area contributed by atoms with Crippen LogP contribution in [0, 0.1) is 5.41 Å². The van der Waals surface area contributed by atoms with E-state index in [0.717, 1.165) is 10.9 Å². The van der Waals surface area contributed by atoms with E-state index < -0.39 is 0 Å². The fourth-order valence-corrected chi connectivity index (χ4v) is 2.12. The zero-order chi connectivity index (χ0) is 12.3. The molecular weight excluding hydrogens is 287 g/mol. The van der Waals surface area contributed by atoms with Gasteiger partial charge in [0.2, 0.25) is 0 Å². The summed E-state index contributed by atoms with van der Waals surface area (Å²) in [6.45, 7) is 6.39. The van der Waals surface area contributed by atoms with E-state index in [0.29, 0.717) is 17.0 Å². The van der Waals surface area contributed by atoms with E-state index in [4.69, 9.17) is 11.6 Å². The Morgan fingerprint density at radius 1 is 1.38 bits per heavy atom. The van der Waals surface area contributed by atoms with E-state index in [1.54, 1.807) is 12.1 Å². The van der Waals surface area contributed by atoms with Crippen molar-refractivity contribution in [2.75, 3.05) is 0 Å². The molecule has 0 atom stereocenters. The average molecular weight is 304 g/mol. The van der Waals surface area contributed by atoms with E-state index in [-0.39, 0.29) is 11.2 Å². The number of hydrogen-bond acceptors (Lipinski definition) is 1. The summed E-state index contributed by atoms with van der Waals surface area (Å²) >= 11 is 9.34. The Morgan fingerprint density at radius 2 is 2.00 bits per heavy atom. The summed E-state index contributed by atoms with van der Waals surface area (Å²) in [5, 5.41) is 0.522. The van der Waals surface area contributed by atoms with E-state index >= 15 is 0 Å². The van der Waals surface area contributed by atoms with Crippen LogP contribution in [0.3, 0.4) is 0 Å². The molecule has 1 aromatic carbocycles. The Labute approximate surface area is 110 Å². The number of rotatable bonds is 3. The van der Waals surface area contributed by atoms with Crippen LogP contribution in [0.1, 0.15) is 44.0 Å². The number of halogens is 2. The smallest absolute Gasteiger partial charge is 0.164 e. The van der Waals surface area contributed by atoms with Crippen LogP contribution in [0.4, 0.5) is 0 Å². The molecule has 0 unspecified atom stereocenters. The SMILES string of the molecule is CC(C)(C)CCC(=O)c1ccc(Br)cc1Cl. The summed E-state index contributed by atoms with van der Waals surface area (Å²) in [6, 6.07) is 5.37. The molecule has 1 nitrogen and oxygen atoms in total. The minimum atomic E-state index is 0.118. The fourth-order valence-electron chi connectivity index (χ4n) is 1.34. The minimum Gasteiger partial charge on any atom is -0.294 e. The molecule has 0 aliphatic carbocycles. The molecule has 0 heterocycles. The van der Waals surface area contributed by atoms with Gasteiger partial charge in [-0.3, -0.25) is 4.79 Å². The van der Waals surface area contributed by atoms with Crippen LogP contribution in [-0.4, -0.2) is 5.78 Å². The number of carbonyl (C=O) groups is 1. The Kier molecular flexibility index (Phi) is 4.57. The molecule has 0 aliphatic heterocycles. The van der Waals surface area contributed by atoms with Gasteiger partial charge in [0, 0.05) is 16.5 Å². The molecular formula is C13H16BrClO. The molecule has 0 bridgehead atoms. The van der Waals surface area contributed by atoms with Crippen LogP contribution in [-0.2, 0) is 0 Å². The molecule has 16 heavy (non-hydrogen) atoms. The summed E-state index contributed by atoms with van der Waals surface area (Å²) in [4.78, 5) is 11.9. The van der Waals surface area contributed by atoms with Crippen molar-refractivity contribution in [3.63, 3.8) is 0 Å². The highest BCUT2D eigenvalue weighted by Crippen LogP contribution is 2.26. The third kappa shape index (κ3) is 4.26. The first kappa shape index (κ1) is 13.7. The highest BCUT2D eigenvalue weighted by molar-refractivity contribution is 9.10. The van der Waals surface area contributed by atoms with Crippen LogP contribution in [0.5, 0.6) is 0 Å². The van der Waals surface area contributed by atoms with Crippen LogP contribution in [0.25, 0.3) is 0 Å². The van der Waals surface area contributed by atoms with E-state index in [1.807, 2.05) is 6.07 Å². The second kappa shape index (κ2) is 5.33. The molecule has 0 spiro atoms. The first-order chi connectivity index (χ1) is 7.29. The molecule has 0 aromatic heterocycles. The molecule has 0 N–H and O–H groups in total. The minimum absolute atomic E-state index is 0.118. The Balaban J connectivity index is 2.74. The second-order valence-electron chi connectivity index (χ2n) is 5.11. The van der Waals surface area contributed by atoms with Crippen LogP contribution >= 0.6 is 27.5 Å². The molecule has 0 amide bonds. The number of benzene rings is 1. The molecule has 0 saturated heterocycles. The van der Waals surface area contributed by atoms with Crippen molar-refractivity contribution in [3.8, 4) is 0 Å². The van der Waals surface area contributed by atoms with Crippen molar-refractivity contribution in [1.82, 2.24) is 0 Å². The molecule has 0 saturated carbocycles. The largest absolute Gasteiger partial charge is 0.294 e. The van der Waals surface area contributed by atoms with Crippen molar-refractivity contribution in [1.29, 1.82) is 0 Å². The highest BCUT2D eigenvalue weighted by Gasteiger charge is 2.15. The van der Waals surface area contributed by atoms with Crippen molar-refractivity contribution in [2.45, 2.75) is 33.6 Å². The van der Waals surface area contributed by atoms with Crippen molar-refractivity contribution in [3.05, 3.63) is 33.3 Å². The van der Waals surface area contributed by atoms with Gasteiger partial charge in [-0.25, -0.2) is 0 Å². The lowest BCUT2D eigenvalue weighted by atomic mass is 9.88. The number of carbonyl (C=O) groups excluding carboxylic acids is 1. The molecule has 3 heteroatoms. The maximum Gasteiger partial charge on any atom is 0.164 e. The van der Waals surface area contributed by atoms with Gasteiger partial charge >= 0.3 is 0 Å². The predicted molar refractivity (Wildman–Crippen MR) is 72.2 cm³/mol.